The summed E-state index contributed by atoms with van der Waals surface area (Å²) < 4.78 is 18.8. The van der Waals surface area contributed by atoms with E-state index in [9.17, 15) is 9.18 Å². The zero-order chi connectivity index (χ0) is 17.8. The molecule has 2 aromatic carbocycles. The summed E-state index contributed by atoms with van der Waals surface area (Å²) in [4.78, 5) is 14.5. The van der Waals surface area contributed by atoms with Crippen LogP contribution in [-0.4, -0.2) is 30.5 Å². The number of nitrogens with zero attached hydrogens (tertiary/aromatic N) is 1. The lowest BCUT2D eigenvalue weighted by atomic mass is 10.2. The summed E-state index contributed by atoms with van der Waals surface area (Å²) in [7, 11) is 1.64. The standard InChI is InChI=1S/C20H23FN2O2/c1-14-3-6-16(11-19(14)21)22-20(24)13-23(17-7-8-17)12-15-4-9-18(25-2)10-5-15/h3-6,9-11,17H,7-8,12-13H2,1-2H3,(H,22,24). The fraction of sp³-hybridized carbons (Fsp3) is 0.350. The summed E-state index contributed by atoms with van der Waals surface area (Å²) >= 11 is 0. The van der Waals surface area contributed by atoms with E-state index in [2.05, 4.69) is 10.2 Å². The molecule has 1 amide bonds. The second-order valence-corrected chi connectivity index (χ2v) is 6.50. The smallest absolute Gasteiger partial charge is 0.238 e. The Bertz CT molecular complexity index is 742. The molecule has 25 heavy (non-hydrogen) atoms. The van der Waals surface area contributed by atoms with E-state index in [4.69, 9.17) is 4.74 Å². The summed E-state index contributed by atoms with van der Waals surface area (Å²) in [6.07, 6.45) is 2.23. The highest BCUT2D eigenvalue weighted by Crippen LogP contribution is 2.28. The first-order valence-electron chi connectivity index (χ1n) is 8.48. The number of hydrogen-bond acceptors (Lipinski definition) is 3. The molecule has 1 aliphatic carbocycles. The molecule has 0 radical (unpaired) electrons. The van der Waals surface area contributed by atoms with Crippen molar-refractivity contribution in [2.75, 3.05) is 19.0 Å². The van der Waals surface area contributed by atoms with Gasteiger partial charge in [-0.15, -0.1) is 0 Å². The first kappa shape index (κ1) is 17.4. The second kappa shape index (κ2) is 7.66. The summed E-state index contributed by atoms with van der Waals surface area (Å²) in [5.41, 5.74) is 2.20. The fourth-order valence-corrected chi connectivity index (χ4v) is 2.77. The van der Waals surface area contributed by atoms with Gasteiger partial charge in [0, 0.05) is 18.3 Å². The molecule has 0 aromatic heterocycles. The number of anilines is 1. The van der Waals surface area contributed by atoms with Gasteiger partial charge in [0.15, 0.2) is 0 Å². The molecule has 1 fully saturated rings. The van der Waals surface area contributed by atoms with Crippen LogP contribution in [-0.2, 0) is 11.3 Å². The molecule has 0 bridgehead atoms. The normalized spacial score (nSPS) is 13.8. The van der Waals surface area contributed by atoms with Gasteiger partial charge in [-0.05, 0) is 55.2 Å². The van der Waals surface area contributed by atoms with Crippen molar-refractivity contribution >= 4 is 11.6 Å². The molecule has 0 saturated heterocycles. The number of benzene rings is 2. The van der Waals surface area contributed by atoms with Crippen LogP contribution in [0, 0.1) is 12.7 Å². The van der Waals surface area contributed by atoms with E-state index < -0.39 is 0 Å². The molecule has 1 saturated carbocycles. The van der Waals surface area contributed by atoms with E-state index in [0.717, 1.165) is 24.2 Å². The van der Waals surface area contributed by atoms with Gasteiger partial charge in [0.05, 0.1) is 13.7 Å². The van der Waals surface area contributed by atoms with Crippen LogP contribution in [0.1, 0.15) is 24.0 Å². The van der Waals surface area contributed by atoms with Crippen molar-refractivity contribution < 1.29 is 13.9 Å². The third-order valence-electron chi connectivity index (χ3n) is 4.41. The number of carbonyl (C=O) groups is 1. The molecule has 5 heteroatoms. The number of carbonyl (C=O) groups excluding carboxylic acids is 1. The highest BCUT2D eigenvalue weighted by atomic mass is 19.1. The minimum absolute atomic E-state index is 0.122. The molecule has 0 atom stereocenters. The van der Waals surface area contributed by atoms with Gasteiger partial charge in [0.1, 0.15) is 11.6 Å². The number of halogens is 1. The maximum atomic E-state index is 13.6. The van der Waals surface area contributed by atoms with Gasteiger partial charge < -0.3 is 10.1 Å². The fourth-order valence-electron chi connectivity index (χ4n) is 2.77. The summed E-state index contributed by atoms with van der Waals surface area (Å²) in [5.74, 6) is 0.389. The van der Waals surface area contributed by atoms with Gasteiger partial charge in [-0.2, -0.15) is 0 Å². The Balaban J connectivity index is 1.60. The number of ether oxygens (including phenoxy) is 1. The van der Waals surface area contributed by atoms with Crippen LogP contribution >= 0.6 is 0 Å². The number of methoxy groups -OCH3 is 1. The van der Waals surface area contributed by atoms with Crippen molar-refractivity contribution in [3.05, 3.63) is 59.4 Å². The van der Waals surface area contributed by atoms with Crippen molar-refractivity contribution in [2.24, 2.45) is 0 Å². The number of rotatable bonds is 7. The lowest BCUT2D eigenvalue weighted by Gasteiger charge is -2.21. The molecular formula is C20H23FN2O2. The minimum Gasteiger partial charge on any atom is -0.497 e. The Morgan fingerprint density at radius 1 is 1.24 bits per heavy atom. The first-order chi connectivity index (χ1) is 12.0. The number of nitrogens with one attached hydrogen (secondary N) is 1. The summed E-state index contributed by atoms with van der Waals surface area (Å²) in [6, 6.07) is 13.1. The van der Waals surface area contributed by atoms with Crippen molar-refractivity contribution in [1.82, 2.24) is 4.90 Å². The predicted octanol–water partition coefficient (Wildman–Crippen LogP) is 3.75. The third kappa shape index (κ3) is 4.79. The van der Waals surface area contributed by atoms with Crippen LogP contribution in [0.25, 0.3) is 0 Å². The van der Waals surface area contributed by atoms with Crippen molar-refractivity contribution in [1.29, 1.82) is 0 Å². The van der Waals surface area contributed by atoms with E-state index in [1.54, 1.807) is 26.2 Å². The van der Waals surface area contributed by atoms with Crippen LogP contribution in [0.4, 0.5) is 10.1 Å². The molecule has 132 valence electrons. The lowest BCUT2D eigenvalue weighted by molar-refractivity contribution is -0.117. The molecule has 4 nitrogen and oxygen atoms in total. The first-order valence-corrected chi connectivity index (χ1v) is 8.48. The highest BCUT2D eigenvalue weighted by Gasteiger charge is 2.30. The van der Waals surface area contributed by atoms with Gasteiger partial charge >= 0.3 is 0 Å². The van der Waals surface area contributed by atoms with Crippen molar-refractivity contribution in [3.63, 3.8) is 0 Å². The summed E-state index contributed by atoms with van der Waals surface area (Å²) in [6.45, 7) is 2.71. The molecule has 1 aliphatic rings. The number of hydrogen-bond donors (Lipinski definition) is 1. The van der Waals surface area contributed by atoms with E-state index in [1.807, 2.05) is 24.3 Å². The second-order valence-electron chi connectivity index (χ2n) is 6.50. The van der Waals surface area contributed by atoms with E-state index in [0.29, 0.717) is 30.4 Å². The molecule has 0 aliphatic heterocycles. The topological polar surface area (TPSA) is 41.6 Å². The Hall–Kier alpha value is -2.40. The molecule has 2 aromatic rings. The van der Waals surface area contributed by atoms with E-state index >= 15 is 0 Å². The monoisotopic (exact) mass is 342 g/mol. The summed E-state index contributed by atoms with van der Waals surface area (Å²) in [5, 5.41) is 2.79. The maximum absolute atomic E-state index is 13.6. The van der Waals surface area contributed by atoms with Crippen LogP contribution in [0.5, 0.6) is 5.75 Å². The molecule has 3 rings (SSSR count). The van der Waals surface area contributed by atoms with Crippen LogP contribution in [0.3, 0.4) is 0 Å². The zero-order valence-corrected chi connectivity index (χ0v) is 14.6. The average Bonchev–Trinajstić information content (AvgIpc) is 3.43. The Labute approximate surface area is 147 Å². The van der Waals surface area contributed by atoms with Gasteiger partial charge in [0.25, 0.3) is 0 Å². The van der Waals surface area contributed by atoms with Gasteiger partial charge in [-0.3, -0.25) is 9.69 Å². The van der Waals surface area contributed by atoms with E-state index in [1.165, 1.54) is 6.07 Å². The zero-order valence-electron chi connectivity index (χ0n) is 14.6. The molecule has 0 unspecified atom stereocenters. The highest BCUT2D eigenvalue weighted by molar-refractivity contribution is 5.92. The molecule has 1 N–H and O–H groups in total. The number of aryl methyl sites for hydroxylation is 1. The molecule has 0 spiro atoms. The quantitative estimate of drug-likeness (QED) is 0.833. The van der Waals surface area contributed by atoms with Gasteiger partial charge in [0.2, 0.25) is 5.91 Å². The molecule has 0 heterocycles. The lowest BCUT2D eigenvalue weighted by Crippen LogP contribution is -2.34. The Morgan fingerprint density at radius 2 is 1.96 bits per heavy atom. The van der Waals surface area contributed by atoms with Gasteiger partial charge in [-0.1, -0.05) is 18.2 Å². The van der Waals surface area contributed by atoms with Crippen LogP contribution < -0.4 is 10.1 Å². The largest absolute Gasteiger partial charge is 0.497 e. The van der Waals surface area contributed by atoms with Crippen molar-refractivity contribution in [2.45, 2.75) is 32.4 Å². The number of amides is 1. The van der Waals surface area contributed by atoms with Gasteiger partial charge in [-0.25, -0.2) is 4.39 Å². The van der Waals surface area contributed by atoms with Crippen LogP contribution in [0.15, 0.2) is 42.5 Å². The van der Waals surface area contributed by atoms with Crippen LogP contribution in [0.2, 0.25) is 0 Å². The Morgan fingerprint density at radius 3 is 2.56 bits per heavy atom. The van der Waals surface area contributed by atoms with E-state index in [-0.39, 0.29) is 11.7 Å². The Kier molecular flexibility index (Phi) is 5.34. The predicted molar refractivity (Wildman–Crippen MR) is 96.2 cm³/mol. The average molecular weight is 342 g/mol. The van der Waals surface area contributed by atoms with Crippen molar-refractivity contribution in [3.8, 4) is 5.75 Å². The molecular weight excluding hydrogens is 319 g/mol. The minimum atomic E-state index is -0.310. The SMILES string of the molecule is COc1ccc(CN(CC(=O)Nc2ccc(C)c(F)c2)C2CC2)cc1. The maximum Gasteiger partial charge on any atom is 0.238 e. The third-order valence-corrected chi connectivity index (χ3v) is 4.41.